The van der Waals surface area contributed by atoms with Crippen molar-refractivity contribution in [2.45, 2.75) is 5.92 Å². The zero-order valence-electron chi connectivity index (χ0n) is 6.25. The maximum atomic E-state index is 5.74. The minimum absolute atomic E-state index is 0.609. The van der Waals surface area contributed by atoms with Crippen molar-refractivity contribution in [2.75, 3.05) is 18.8 Å². The second-order valence-electron chi connectivity index (χ2n) is 2.86. The Bertz CT molecular complexity index is 255. The molecule has 1 fully saturated rings. The molecule has 2 rings (SSSR count). The Morgan fingerprint density at radius 2 is 2.36 bits per heavy atom. The predicted molar refractivity (Wildman–Crippen MR) is 44.3 cm³/mol. The summed E-state index contributed by atoms with van der Waals surface area (Å²) in [5, 5.41) is 3.21. The van der Waals surface area contributed by atoms with Crippen LogP contribution in [0.3, 0.4) is 0 Å². The van der Waals surface area contributed by atoms with Gasteiger partial charge in [-0.05, 0) is 11.6 Å². The summed E-state index contributed by atoms with van der Waals surface area (Å²) in [7, 11) is 0. The molecule has 0 spiro atoms. The highest BCUT2D eigenvalue weighted by Crippen LogP contribution is 2.23. The van der Waals surface area contributed by atoms with Gasteiger partial charge in [-0.25, -0.2) is 0 Å². The normalized spacial score (nSPS) is 17.8. The Balaban J connectivity index is 2.28. The van der Waals surface area contributed by atoms with Crippen LogP contribution in [-0.2, 0) is 0 Å². The van der Waals surface area contributed by atoms with Crippen molar-refractivity contribution < 1.29 is 0 Å². The van der Waals surface area contributed by atoms with E-state index in [-0.39, 0.29) is 0 Å². The first-order valence-corrected chi connectivity index (χ1v) is 3.78. The Kier molecular flexibility index (Phi) is 1.51. The summed E-state index contributed by atoms with van der Waals surface area (Å²) < 4.78 is 0. The highest BCUT2D eigenvalue weighted by molar-refractivity contribution is 5.47. The van der Waals surface area contributed by atoms with Crippen LogP contribution in [0.4, 0.5) is 5.69 Å². The van der Waals surface area contributed by atoms with Crippen molar-refractivity contribution >= 4 is 5.69 Å². The molecule has 58 valence electrons. The topological polar surface area (TPSA) is 50.9 Å². The van der Waals surface area contributed by atoms with Crippen LogP contribution < -0.4 is 11.1 Å². The molecule has 3 heteroatoms. The third-order valence-corrected chi connectivity index (χ3v) is 2.11. The monoisotopic (exact) mass is 149 g/mol. The highest BCUT2D eigenvalue weighted by Gasteiger charge is 2.20. The molecule has 1 aromatic rings. The van der Waals surface area contributed by atoms with Crippen molar-refractivity contribution in [1.82, 2.24) is 10.3 Å². The average molecular weight is 149 g/mol. The molecule has 2 heterocycles. The summed E-state index contributed by atoms with van der Waals surface area (Å²) >= 11 is 0. The molecule has 1 aromatic heterocycles. The van der Waals surface area contributed by atoms with Crippen molar-refractivity contribution in [3.63, 3.8) is 0 Å². The molecule has 3 N–H and O–H groups in total. The fourth-order valence-electron chi connectivity index (χ4n) is 1.30. The maximum absolute atomic E-state index is 5.74. The van der Waals surface area contributed by atoms with Crippen molar-refractivity contribution in [2.24, 2.45) is 0 Å². The number of pyridine rings is 1. The van der Waals surface area contributed by atoms with Crippen LogP contribution in [0.25, 0.3) is 0 Å². The summed E-state index contributed by atoms with van der Waals surface area (Å²) in [5.74, 6) is 0.609. The molecule has 0 unspecified atom stereocenters. The van der Waals surface area contributed by atoms with E-state index in [1.165, 1.54) is 5.56 Å². The molecule has 0 aliphatic carbocycles. The van der Waals surface area contributed by atoms with Gasteiger partial charge < -0.3 is 11.1 Å². The number of nitrogens with two attached hydrogens (primary N) is 1. The Morgan fingerprint density at radius 1 is 1.55 bits per heavy atom. The third-order valence-electron chi connectivity index (χ3n) is 2.11. The van der Waals surface area contributed by atoms with Crippen LogP contribution in [0.2, 0.25) is 0 Å². The second kappa shape index (κ2) is 2.51. The molecule has 0 atom stereocenters. The summed E-state index contributed by atoms with van der Waals surface area (Å²) in [4.78, 5) is 3.94. The van der Waals surface area contributed by atoms with Crippen molar-refractivity contribution in [1.29, 1.82) is 0 Å². The summed E-state index contributed by atoms with van der Waals surface area (Å²) in [6.45, 7) is 2.10. The zero-order chi connectivity index (χ0) is 7.68. The molecule has 0 saturated carbocycles. The second-order valence-corrected chi connectivity index (χ2v) is 2.86. The van der Waals surface area contributed by atoms with Gasteiger partial charge in [0.25, 0.3) is 0 Å². The number of anilines is 1. The van der Waals surface area contributed by atoms with E-state index in [2.05, 4.69) is 10.3 Å². The molecular formula is C8H11N3. The molecule has 0 amide bonds. The van der Waals surface area contributed by atoms with E-state index in [1.54, 1.807) is 12.4 Å². The fraction of sp³-hybridized carbons (Fsp3) is 0.375. The highest BCUT2D eigenvalue weighted by atomic mass is 14.9. The first-order chi connectivity index (χ1) is 5.38. The third kappa shape index (κ3) is 1.07. The van der Waals surface area contributed by atoms with Crippen LogP contribution in [0, 0.1) is 0 Å². The molecule has 1 aliphatic rings. The lowest BCUT2D eigenvalue weighted by Crippen LogP contribution is -2.40. The number of hydrogen-bond acceptors (Lipinski definition) is 3. The van der Waals surface area contributed by atoms with Gasteiger partial charge >= 0.3 is 0 Å². The van der Waals surface area contributed by atoms with Gasteiger partial charge in [0, 0.05) is 25.2 Å². The van der Waals surface area contributed by atoms with Gasteiger partial charge in [-0.2, -0.15) is 0 Å². The number of aromatic nitrogens is 1. The quantitative estimate of drug-likeness (QED) is 0.605. The molecule has 0 radical (unpaired) electrons. The van der Waals surface area contributed by atoms with Crippen LogP contribution in [-0.4, -0.2) is 18.1 Å². The SMILES string of the molecule is Nc1cnccc1C1CNC1. The Morgan fingerprint density at radius 3 is 2.91 bits per heavy atom. The summed E-state index contributed by atoms with van der Waals surface area (Å²) in [6, 6.07) is 2.00. The Labute approximate surface area is 65.6 Å². The largest absolute Gasteiger partial charge is 0.397 e. The van der Waals surface area contributed by atoms with Gasteiger partial charge in [-0.15, -0.1) is 0 Å². The molecule has 0 bridgehead atoms. The minimum Gasteiger partial charge on any atom is -0.397 e. The zero-order valence-corrected chi connectivity index (χ0v) is 6.25. The molecule has 3 nitrogen and oxygen atoms in total. The minimum atomic E-state index is 0.609. The average Bonchev–Trinajstić information content (AvgIpc) is 1.90. The summed E-state index contributed by atoms with van der Waals surface area (Å²) in [6.07, 6.45) is 3.51. The number of hydrogen-bond donors (Lipinski definition) is 2. The maximum Gasteiger partial charge on any atom is 0.0536 e. The molecule has 0 aromatic carbocycles. The van der Waals surface area contributed by atoms with E-state index in [9.17, 15) is 0 Å². The van der Waals surface area contributed by atoms with Crippen LogP contribution in [0.15, 0.2) is 18.5 Å². The van der Waals surface area contributed by atoms with E-state index in [0.717, 1.165) is 18.8 Å². The number of nitrogen functional groups attached to an aromatic ring is 1. The molecule has 1 saturated heterocycles. The lowest BCUT2D eigenvalue weighted by Gasteiger charge is -2.28. The first-order valence-electron chi connectivity index (χ1n) is 3.78. The van der Waals surface area contributed by atoms with E-state index in [0.29, 0.717) is 5.92 Å². The lowest BCUT2D eigenvalue weighted by molar-refractivity contribution is 0.449. The van der Waals surface area contributed by atoms with Crippen LogP contribution in [0.5, 0.6) is 0 Å². The van der Waals surface area contributed by atoms with E-state index in [4.69, 9.17) is 5.73 Å². The van der Waals surface area contributed by atoms with Crippen molar-refractivity contribution in [3.8, 4) is 0 Å². The van der Waals surface area contributed by atoms with Gasteiger partial charge in [0.1, 0.15) is 0 Å². The molecule has 1 aliphatic heterocycles. The van der Waals surface area contributed by atoms with Gasteiger partial charge in [-0.1, -0.05) is 0 Å². The fourth-order valence-corrected chi connectivity index (χ4v) is 1.30. The van der Waals surface area contributed by atoms with E-state index >= 15 is 0 Å². The van der Waals surface area contributed by atoms with Gasteiger partial charge in [0.2, 0.25) is 0 Å². The van der Waals surface area contributed by atoms with Crippen molar-refractivity contribution in [3.05, 3.63) is 24.0 Å². The van der Waals surface area contributed by atoms with Gasteiger partial charge in [-0.3, -0.25) is 4.98 Å². The number of nitrogens with one attached hydrogen (secondary N) is 1. The number of nitrogens with zero attached hydrogens (tertiary/aromatic N) is 1. The van der Waals surface area contributed by atoms with Gasteiger partial charge in [0.05, 0.1) is 11.9 Å². The summed E-state index contributed by atoms with van der Waals surface area (Å²) in [5.41, 5.74) is 7.79. The van der Waals surface area contributed by atoms with Crippen LogP contribution >= 0.6 is 0 Å². The van der Waals surface area contributed by atoms with Gasteiger partial charge in [0.15, 0.2) is 0 Å². The number of rotatable bonds is 1. The standard InChI is InChI=1S/C8H11N3/c9-8-5-10-2-1-7(8)6-3-11-4-6/h1-2,5-6,11H,3-4,9H2. The predicted octanol–water partition coefficient (Wildman–Crippen LogP) is 0.351. The van der Waals surface area contributed by atoms with E-state index in [1.807, 2.05) is 6.07 Å². The van der Waals surface area contributed by atoms with Crippen LogP contribution in [0.1, 0.15) is 11.5 Å². The van der Waals surface area contributed by atoms with E-state index < -0.39 is 0 Å². The molecule has 11 heavy (non-hydrogen) atoms. The lowest BCUT2D eigenvalue weighted by atomic mass is 9.94. The molecular weight excluding hydrogens is 138 g/mol. The Hall–Kier alpha value is -1.09. The smallest absolute Gasteiger partial charge is 0.0536 e. The first kappa shape index (κ1) is 6.61.